The summed E-state index contributed by atoms with van der Waals surface area (Å²) in [5.74, 6) is -0.436. The predicted molar refractivity (Wildman–Crippen MR) is 131 cm³/mol. The molecule has 0 spiro atoms. The van der Waals surface area contributed by atoms with Gasteiger partial charge in [-0.1, -0.05) is 51.8 Å². The third-order valence-corrected chi connectivity index (χ3v) is 6.54. The fraction of sp³-hybridized carbons (Fsp3) is 0.0769. The number of nitriles is 1. The van der Waals surface area contributed by atoms with Crippen LogP contribution in [0.2, 0.25) is 5.02 Å². The van der Waals surface area contributed by atoms with Crippen LogP contribution in [0.25, 0.3) is 11.0 Å². The van der Waals surface area contributed by atoms with Crippen LogP contribution in [0.15, 0.2) is 81.0 Å². The fourth-order valence-electron chi connectivity index (χ4n) is 4.07. The highest BCUT2D eigenvalue weighted by Gasteiger charge is 2.32. The molecule has 1 unspecified atom stereocenters. The van der Waals surface area contributed by atoms with E-state index in [4.69, 9.17) is 31.2 Å². The number of ether oxygens (including phenoxy) is 2. The van der Waals surface area contributed by atoms with Crippen molar-refractivity contribution in [1.82, 2.24) is 0 Å². The first-order valence-electron chi connectivity index (χ1n) is 10.2. The molecule has 3 aromatic carbocycles. The first-order chi connectivity index (χ1) is 16.4. The van der Waals surface area contributed by atoms with Gasteiger partial charge in [-0.2, -0.15) is 5.26 Å². The first kappa shape index (κ1) is 22.1. The first-order valence-corrected chi connectivity index (χ1v) is 11.4. The van der Waals surface area contributed by atoms with Gasteiger partial charge in [0, 0.05) is 32.1 Å². The van der Waals surface area contributed by atoms with E-state index in [-0.39, 0.29) is 23.0 Å². The summed E-state index contributed by atoms with van der Waals surface area (Å²) in [6.45, 7) is 1.80. The van der Waals surface area contributed by atoms with Gasteiger partial charge < -0.3 is 19.6 Å². The molecule has 168 valence electrons. The number of allylic oxidation sites excluding steroid dienone is 1. The zero-order valence-electron chi connectivity index (χ0n) is 17.8. The molecule has 0 amide bonds. The summed E-state index contributed by atoms with van der Waals surface area (Å²) in [5, 5.41) is 11.0. The Kier molecular flexibility index (Phi) is 5.56. The topological polar surface area (TPSA) is 98.5 Å². The Hall–Kier alpha value is -3.73. The molecule has 0 saturated carbocycles. The molecule has 6 nitrogen and oxygen atoms in total. The molecule has 5 rings (SSSR count). The van der Waals surface area contributed by atoms with Crippen LogP contribution in [0.3, 0.4) is 0 Å². The van der Waals surface area contributed by atoms with E-state index in [1.165, 1.54) is 0 Å². The number of nitrogens with zero attached hydrogens (tertiary/aromatic N) is 1. The maximum absolute atomic E-state index is 12.9. The van der Waals surface area contributed by atoms with Gasteiger partial charge in [0.2, 0.25) is 11.6 Å². The number of esters is 1. The molecular formula is C26H16BrClN2O4. The minimum atomic E-state index is -0.635. The second-order valence-electron chi connectivity index (χ2n) is 7.73. The molecule has 1 aromatic heterocycles. The van der Waals surface area contributed by atoms with Gasteiger partial charge >= 0.3 is 5.97 Å². The number of halogens is 2. The Balaban J connectivity index is 1.50. The van der Waals surface area contributed by atoms with Crippen molar-refractivity contribution in [2.24, 2.45) is 5.73 Å². The lowest BCUT2D eigenvalue weighted by Gasteiger charge is -2.27. The molecule has 0 radical (unpaired) electrons. The number of aryl methyl sites for hydroxylation is 1. The van der Waals surface area contributed by atoms with Crippen molar-refractivity contribution in [3.63, 3.8) is 0 Å². The van der Waals surface area contributed by atoms with Crippen LogP contribution in [0.5, 0.6) is 11.5 Å². The number of fused-ring (bicyclic) bond motifs is 2. The van der Waals surface area contributed by atoms with E-state index in [1.54, 1.807) is 37.3 Å². The number of carbonyl (C=O) groups excluding carboxylic acids is 1. The summed E-state index contributed by atoms with van der Waals surface area (Å²) in [6.07, 6.45) is 0. The van der Waals surface area contributed by atoms with Crippen molar-refractivity contribution < 1.29 is 18.7 Å². The number of benzene rings is 3. The van der Waals surface area contributed by atoms with E-state index in [1.807, 2.05) is 30.3 Å². The van der Waals surface area contributed by atoms with Crippen molar-refractivity contribution in [2.45, 2.75) is 12.8 Å². The normalized spacial score (nSPS) is 14.9. The van der Waals surface area contributed by atoms with Crippen LogP contribution in [-0.4, -0.2) is 5.97 Å². The van der Waals surface area contributed by atoms with Crippen molar-refractivity contribution >= 4 is 44.5 Å². The largest absolute Gasteiger partial charge is 0.449 e. The number of hydrogen-bond acceptors (Lipinski definition) is 6. The third-order valence-electron chi connectivity index (χ3n) is 5.70. The second-order valence-corrected chi connectivity index (χ2v) is 9.06. The lowest BCUT2D eigenvalue weighted by Crippen LogP contribution is -2.21. The van der Waals surface area contributed by atoms with Crippen LogP contribution < -0.4 is 15.2 Å². The SMILES string of the molecule is Cc1c(C(=O)Oc2ccc3c(c2)OC(N)=C(C#N)C3c2ccccc2Cl)oc2ccc(Br)cc12. The number of nitrogens with two attached hydrogens (primary N) is 1. The van der Waals surface area contributed by atoms with Crippen LogP contribution >= 0.6 is 27.5 Å². The Bertz CT molecular complexity index is 1550. The van der Waals surface area contributed by atoms with Gasteiger partial charge in [-0.3, -0.25) is 0 Å². The lowest BCUT2D eigenvalue weighted by molar-refractivity contribution is 0.0702. The van der Waals surface area contributed by atoms with Gasteiger partial charge in [-0.25, -0.2) is 4.79 Å². The molecule has 0 bridgehead atoms. The molecular weight excluding hydrogens is 520 g/mol. The van der Waals surface area contributed by atoms with E-state index >= 15 is 0 Å². The molecule has 1 aliphatic heterocycles. The van der Waals surface area contributed by atoms with E-state index in [0.29, 0.717) is 27.5 Å². The maximum atomic E-state index is 12.9. The molecule has 2 heterocycles. The van der Waals surface area contributed by atoms with Crippen molar-refractivity contribution in [2.75, 3.05) is 0 Å². The highest BCUT2D eigenvalue weighted by atomic mass is 79.9. The molecule has 4 aromatic rings. The minimum Gasteiger partial charge on any atom is -0.449 e. The van der Waals surface area contributed by atoms with Gasteiger partial charge in [0.15, 0.2) is 0 Å². The van der Waals surface area contributed by atoms with Gasteiger partial charge in [0.25, 0.3) is 0 Å². The van der Waals surface area contributed by atoms with Gasteiger partial charge in [-0.05, 0) is 42.8 Å². The van der Waals surface area contributed by atoms with E-state index in [9.17, 15) is 10.1 Å². The quantitative estimate of drug-likeness (QED) is 0.235. The third kappa shape index (κ3) is 3.71. The highest BCUT2D eigenvalue weighted by molar-refractivity contribution is 9.10. The molecule has 1 aliphatic rings. The predicted octanol–water partition coefficient (Wildman–Crippen LogP) is 6.59. The molecule has 34 heavy (non-hydrogen) atoms. The number of carbonyl (C=O) groups is 1. The average molecular weight is 536 g/mol. The molecule has 1 atom stereocenters. The maximum Gasteiger partial charge on any atom is 0.379 e. The van der Waals surface area contributed by atoms with Gasteiger partial charge in [-0.15, -0.1) is 0 Å². The molecule has 0 aliphatic carbocycles. The Morgan fingerprint density at radius 3 is 2.71 bits per heavy atom. The lowest BCUT2D eigenvalue weighted by atomic mass is 9.83. The fourth-order valence-corrected chi connectivity index (χ4v) is 4.68. The number of rotatable bonds is 3. The van der Waals surface area contributed by atoms with E-state index in [2.05, 4.69) is 22.0 Å². The second kappa shape index (κ2) is 8.56. The summed E-state index contributed by atoms with van der Waals surface area (Å²) in [5.41, 5.74) is 9.00. The highest BCUT2D eigenvalue weighted by Crippen LogP contribution is 2.45. The Morgan fingerprint density at radius 2 is 1.94 bits per heavy atom. The summed E-state index contributed by atoms with van der Waals surface area (Å²) >= 11 is 9.85. The molecule has 2 N–H and O–H groups in total. The van der Waals surface area contributed by atoms with Gasteiger partial charge in [0.05, 0.1) is 5.92 Å². The van der Waals surface area contributed by atoms with E-state index in [0.717, 1.165) is 15.4 Å². The molecule has 0 fully saturated rings. The number of furan rings is 1. The smallest absolute Gasteiger partial charge is 0.379 e. The zero-order valence-corrected chi connectivity index (χ0v) is 20.1. The summed E-state index contributed by atoms with van der Waals surface area (Å²) in [6, 6.07) is 19.8. The van der Waals surface area contributed by atoms with Crippen molar-refractivity contribution in [3.8, 4) is 17.6 Å². The van der Waals surface area contributed by atoms with Gasteiger partial charge in [0.1, 0.15) is 28.7 Å². The van der Waals surface area contributed by atoms with Crippen LogP contribution in [-0.2, 0) is 0 Å². The van der Waals surface area contributed by atoms with Crippen LogP contribution in [0.1, 0.15) is 33.2 Å². The van der Waals surface area contributed by atoms with Crippen LogP contribution in [0.4, 0.5) is 0 Å². The standard InChI is InChI=1S/C26H16BrClN2O4/c1-13-18-10-14(27)6-9-21(18)33-24(13)26(31)32-15-7-8-17-22(11-15)34-25(30)19(12-29)23(17)16-4-2-3-5-20(16)28/h2-11,23H,30H2,1H3. The van der Waals surface area contributed by atoms with E-state index < -0.39 is 11.9 Å². The summed E-state index contributed by atoms with van der Waals surface area (Å²) < 4.78 is 17.9. The monoisotopic (exact) mass is 534 g/mol. The molecule has 0 saturated heterocycles. The van der Waals surface area contributed by atoms with Crippen molar-refractivity contribution in [3.05, 3.63) is 104 Å². The zero-order chi connectivity index (χ0) is 24.0. The molecule has 8 heteroatoms. The van der Waals surface area contributed by atoms with Crippen LogP contribution in [0, 0.1) is 18.3 Å². The Labute approximate surface area is 208 Å². The minimum absolute atomic E-state index is 0.0258. The summed E-state index contributed by atoms with van der Waals surface area (Å²) in [4.78, 5) is 12.9. The Morgan fingerprint density at radius 1 is 1.15 bits per heavy atom. The number of hydrogen-bond donors (Lipinski definition) is 1. The average Bonchev–Trinajstić information content (AvgIpc) is 3.14. The van der Waals surface area contributed by atoms with Crippen molar-refractivity contribution in [1.29, 1.82) is 5.26 Å². The summed E-state index contributed by atoms with van der Waals surface area (Å²) in [7, 11) is 0.